The summed E-state index contributed by atoms with van der Waals surface area (Å²) < 4.78 is 22.4. The lowest BCUT2D eigenvalue weighted by molar-refractivity contribution is 0.269. The number of rotatable bonds is 11. The molecule has 0 heterocycles. The van der Waals surface area contributed by atoms with E-state index >= 15 is 0 Å². The number of hydrazone groups is 1. The maximum atomic E-state index is 6.52. The van der Waals surface area contributed by atoms with Gasteiger partial charge in [-0.1, -0.05) is 47.5 Å². The molecule has 7 heteroatoms. The summed E-state index contributed by atoms with van der Waals surface area (Å²) in [5.41, 5.74) is 7.11. The van der Waals surface area contributed by atoms with Gasteiger partial charge < -0.3 is 24.4 Å². The Morgan fingerprint density at radius 3 is 2.30 bits per heavy atom. The maximum absolute atomic E-state index is 6.52. The summed E-state index contributed by atoms with van der Waals surface area (Å²) in [5, 5.41) is 4.77. The quantitative estimate of drug-likeness (QED) is 0.286. The van der Waals surface area contributed by atoms with Gasteiger partial charge in [-0.05, 0) is 54.8 Å². The molecule has 0 unspecified atom stereocenters. The van der Waals surface area contributed by atoms with Gasteiger partial charge >= 0.3 is 0 Å². The zero-order valence-corrected chi connectivity index (χ0v) is 20.1. The van der Waals surface area contributed by atoms with Gasteiger partial charge in [0.25, 0.3) is 0 Å². The van der Waals surface area contributed by atoms with Crippen molar-refractivity contribution in [1.82, 2.24) is 5.43 Å². The van der Waals surface area contributed by atoms with E-state index in [9.17, 15) is 0 Å². The highest BCUT2D eigenvalue weighted by Crippen LogP contribution is 2.37. The molecule has 174 valence electrons. The summed E-state index contributed by atoms with van der Waals surface area (Å²) in [7, 11) is 3.22. The molecule has 0 fully saturated rings. The van der Waals surface area contributed by atoms with Crippen LogP contribution in [0.25, 0.3) is 0 Å². The minimum Gasteiger partial charge on any atom is -0.493 e. The first-order chi connectivity index (χ1) is 16.0. The fraction of sp³-hybridized carbons (Fsp3) is 0.269. The number of hydrogen-bond donors (Lipinski definition) is 1. The van der Waals surface area contributed by atoms with Gasteiger partial charge in [0.2, 0.25) is 0 Å². The van der Waals surface area contributed by atoms with Crippen molar-refractivity contribution >= 4 is 17.8 Å². The van der Waals surface area contributed by atoms with Crippen molar-refractivity contribution < 1.29 is 18.9 Å². The number of methoxy groups -OCH3 is 2. The van der Waals surface area contributed by atoms with E-state index in [4.69, 9.17) is 30.5 Å². The molecule has 3 rings (SSSR count). The molecule has 0 aromatic heterocycles. The zero-order valence-electron chi connectivity index (χ0n) is 19.4. The van der Waals surface area contributed by atoms with Crippen LogP contribution < -0.4 is 24.4 Å². The van der Waals surface area contributed by atoms with Crippen LogP contribution in [0, 0.1) is 6.92 Å². The molecule has 33 heavy (non-hydrogen) atoms. The van der Waals surface area contributed by atoms with Crippen molar-refractivity contribution in [2.45, 2.75) is 27.0 Å². The van der Waals surface area contributed by atoms with E-state index in [1.807, 2.05) is 43.3 Å². The van der Waals surface area contributed by atoms with Crippen LogP contribution in [0.2, 0.25) is 5.02 Å². The summed E-state index contributed by atoms with van der Waals surface area (Å²) in [6.45, 7) is 5.40. The van der Waals surface area contributed by atoms with Gasteiger partial charge in [-0.3, -0.25) is 0 Å². The minimum atomic E-state index is 0.403. The second kappa shape index (κ2) is 12.0. The van der Waals surface area contributed by atoms with E-state index in [0.717, 1.165) is 16.7 Å². The van der Waals surface area contributed by atoms with Crippen molar-refractivity contribution in [2.75, 3.05) is 20.8 Å². The molecule has 0 aliphatic heterocycles. The van der Waals surface area contributed by atoms with Crippen LogP contribution in [0.3, 0.4) is 0 Å². The summed E-state index contributed by atoms with van der Waals surface area (Å²) in [6.07, 6.45) is 1.69. The molecule has 0 aliphatic carbocycles. The molecule has 0 spiro atoms. The molecule has 3 aromatic rings. The Morgan fingerprint density at radius 1 is 0.879 bits per heavy atom. The number of aryl methyl sites for hydroxylation is 1. The van der Waals surface area contributed by atoms with E-state index in [0.29, 0.717) is 47.8 Å². The molecular formula is C26H29ClN2O4. The molecule has 0 amide bonds. The van der Waals surface area contributed by atoms with Crippen LogP contribution in [0.15, 0.2) is 59.7 Å². The van der Waals surface area contributed by atoms with Gasteiger partial charge in [0.05, 0.1) is 38.6 Å². The van der Waals surface area contributed by atoms with Crippen molar-refractivity contribution in [2.24, 2.45) is 5.10 Å². The summed E-state index contributed by atoms with van der Waals surface area (Å²) in [4.78, 5) is 0. The lowest BCUT2D eigenvalue weighted by atomic mass is 10.1. The standard InChI is InChI=1S/C26H29ClN2O4/c1-5-32-25-14-21(12-22(27)26(25)33-17-19-8-6-18(2)7-9-19)16-29-28-15-20-10-11-23(30-3)24(13-20)31-4/h6-14,16,28H,5,15,17H2,1-4H3/b29-16+. The van der Waals surface area contributed by atoms with E-state index < -0.39 is 0 Å². The average Bonchev–Trinajstić information content (AvgIpc) is 2.82. The fourth-order valence-corrected chi connectivity index (χ4v) is 3.43. The first kappa shape index (κ1) is 24.3. The fourth-order valence-electron chi connectivity index (χ4n) is 3.15. The third-order valence-corrected chi connectivity index (χ3v) is 5.15. The third kappa shape index (κ3) is 6.80. The van der Waals surface area contributed by atoms with Crippen LogP contribution in [-0.2, 0) is 13.2 Å². The number of benzene rings is 3. The Kier molecular flexibility index (Phi) is 8.84. The molecule has 0 atom stereocenters. The average molecular weight is 469 g/mol. The SMILES string of the molecule is CCOc1cc(/C=N/NCc2ccc(OC)c(OC)c2)cc(Cl)c1OCc1ccc(C)cc1. The highest BCUT2D eigenvalue weighted by Gasteiger charge is 2.12. The van der Waals surface area contributed by atoms with Crippen LogP contribution >= 0.6 is 11.6 Å². The first-order valence-corrected chi connectivity index (χ1v) is 11.0. The molecule has 0 saturated carbocycles. The molecule has 0 radical (unpaired) electrons. The van der Waals surface area contributed by atoms with Gasteiger partial charge in [-0.15, -0.1) is 0 Å². The van der Waals surface area contributed by atoms with Gasteiger partial charge in [-0.2, -0.15) is 5.10 Å². The van der Waals surface area contributed by atoms with Crippen LogP contribution in [0.1, 0.15) is 29.2 Å². The van der Waals surface area contributed by atoms with E-state index in [1.54, 1.807) is 26.5 Å². The van der Waals surface area contributed by atoms with E-state index in [-0.39, 0.29) is 0 Å². The molecule has 3 aromatic carbocycles. The zero-order chi connectivity index (χ0) is 23.6. The molecule has 0 saturated heterocycles. The van der Waals surface area contributed by atoms with E-state index in [1.165, 1.54) is 5.56 Å². The number of nitrogens with one attached hydrogen (secondary N) is 1. The molecule has 1 N–H and O–H groups in total. The molecule has 0 aliphatic rings. The van der Waals surface area contributed by atoms with Crippen molar-refractivity contribution in [3.63, 3.8) is 0 Å². The number of halogens is 1. The third-order valence-electron chi connectivity index (χ3n) is 4.87. The topological polar surface area (TPSA) is 61.3 Å². The summed E-state index contributed by atoms with van der Waals surface area (Å²) in [6, 6.07) is 17.6. The number of hydrogen-bond acceptors (Lipinski definition) is 6. The summed E-state index contributed by atoms with van der Waals surface area (Å²) >= 11 is 6.52. The monoisotopic (exact) mass is 468 g/mol. The Labute approximate surface area is 200 Å². The summed E-state index contributed by atoms with van der Waals surface area (Å²) in [5.74, 6) is 2.47. The Bertz CT molecular complexity index is 1080. The highest BCUT2D eigenvalue weighted by atomic mass is 35.5. The second-order valence-corrected chi connectivity index (χ2v) is 7.73. The largest absolute Gasteiger partial charge is 0.493 e. The lowest BCUT2D eigenvalue weighted by Gasteiger charge is -2.14. The van der Waals surface area contributed by atoms with Crippen molar-refractivity contribution in [1.29, 1.82) is 0 Å². The highest BCUT2D eigenvalue weighted by molar-refractivity contribution is 6.32. The van der Waals surface area contributed by atoms with Gasteiger partial charge in [0, 0.05) is 0 Å². The Balaban J connectivity index is 1.66. The van der Waals surface area contributed by atoms with Crippen molar-refractivity contribution in [3.8, 4) is 23.0 Å². The van der Waals surface area contributed by atoms with E-state index in [2.05, 4.69) is 29.6 Å². The second-order valence-electron chi connectivity index (χ2n) is 7.32. The van der Waals surface area contributed by atoms with Gasteiger partial charge in [0.15, 0.2) is 23.0 Å². The Hall–Kier alpha value is -3.38. The van der Waals surface area contributed by atoms with Gasteiger partial charge in [0.1, 0.15) is 6.61 Å². The smallest absolute Gasteiger partial charge is 0.180 e. The lowest BCUT2D eigenvalue weighted by Crippen LogP contribution is -2.06. The van der Waals surface area contributed by atoms with Crippen molar-refractivity contribution in [3.05, 3.63) is 81.9 Å². The predicted molar refractivity (Wildman–Crippen MR) is 132 cm³/mol. The van der Waals surface area contributed by atoms with Crippen LogP contribution in [0.4, 0.5) is 0 Å². The molecule has 0 bridgehead atoms. The predicted octanol–water partition coefficient (Wildman–Crippen LogP) is 5.77. The van der Waals surface area contributed by atoms with Gasteiger partial charge in [-0.25, -0.2) is 0 Å². The first-order valence-electron chi connectivity index (χ1n) is 10.7. The van der Waals surface area contributed by atoms with Crippen LogP contribution in [0.5, 0.6) is 23.0 Å². The molecule has 6 nitrogen and oxygen atoms in total. The minimum absolute atomic E-state index is 0.403. The van der Waals surface area contributed by atoms with Crippen LogP contribution in [-0.4, -0.2) is 27.0 Å². The normalized spacial score (nSPS) is 10.8. The Morgan fingerprint density at radius 2 is 1.61 bits per heavy atom. The maximum Gasteiger partial charge on any atom is 0.180 e. The number of nitrogens with zero attached hydrogens (tertiary/aromatic N) is 1. The number of ether oxygens (including phenoxy) is 4. The molecular weight excluding hydrogens is 440 g/mol.